The highest BCUT2D eigenvalue weighted by molar-refractivity contribution is 9.10. The number of nitrogens with zero attached hydrogens (tertiary/aromatic N) is 2. The van der Waals surface area contributed by atoms with Crippen molar-refractivity contribution in [1.29, 1.82) is 0 Å². The third-order valence-corrected chi connectivity index (χ3v) is 2.38. The summed E-state index contributed by atoms with van der Waals surface area (Å²) in [5, 5.41) is 1.08. The van der Waals surface area contributed by atoms with E-state index in [2.05, 4.69) is 41.8 Å². The largest absolute Gasteiger partial charge is 0.247 e. The van der Waals surface area contributed by atoms with E-state index < -0.39 is 0 Å². The molecule has 0 aliphatic rings. The molecule has 0 unspecified atom stereocenters. The van der Waals surface area contributed by atoms with Gasteiger partial charge in [0.15, 0.2) is 0 Å². The Morgan fingerprint density at radius 1 is 1.08 bits per heavy atom. The molecule has 2 nitrogen and oxygen atoms in total. The van der Waals surface area contributed by atoms with E-state index in [1.807, 2.05) is 18.2 Å². The Balaban J connectivity index is 2.79. The highest BCUT2D eigenvalue weighted by Crippen LogP contribution is 2.17. The van der Waals surface area contributed by atoms with E-state index in [9.17, 15) is 0 Å². The normalized spacial score (nSPS) is 10.5. The average Bonchev–Trinajstić information content (AvgIpc) is 2.05. The first kappa shape index (κ1) is 8.13. The van der Waals surface area contributed by atoms with Gasteiger partial charge < -0.3 is 0 Å². The van der Waals surface area contributed by atoms with E-state index in [1.165, 1.54) is 0 Å². The summed E-state index contributed by atoms with van der Waals surface area (Å²) in [6.45, 7) is 0. The van der Waals surface area contributed by atoms with Crippen LogP contribution in [0.2, 0.25) is 0 Å². The molecule has 0 bridgehead atoms. The van der Waals surface area contributed by atoms with Crippen LogP contribution >= 0.6 is 31.9 Å². The molecule has 2 rings (SSSR count). The van der Waals surface area contributed by atoms with Gasteiger partial charge in [0.05, 0.1) is 11.7 Å². The molecular formula is C8H4Br2N2. The van der Waals surface area contributed by atoms with Gasteiger partial charge >= 0.3 is 0 Å². The molecule has 0 atom stereocenters. The number of fused-ring (bicyclic) bond motifs is 1. The zero-order chi connectivity index (χ0) is 8.55. The van der Waals surface area contributed by atoms with E-state index in [-0.39, 0.29) is 0 Å². The van der Waals surface area contributed by atoms with Crippen molar-refractivity contribution >= 4 is 42.8 Å². The third kappa shape index (κ3) is 1.49. The van der Waals surface area contributed by atoms with Gasteiger partial charge in [-0.25, -0.2) is 9.97 Å². The molecule has 2 heterocycles. The molecule has 0 amide bonds. The number of hydrogen-bond donors (Lipinski definition) is 0. The second kappa shape index (κ2) is 3.11. The number of rotatable bonds is 0. The molecular weight excluding hydrogens is 284 g/mol. The number of aromatic nitrogens is 2. The van der Waals surface area contributed by atoms with Crippen molar-refractivity contribution in [3.63, 3.8) is 0 Å². The van der Waals surface area contributed by atoms with Crippen molar-refractivity contribution in [2.45, 2.75) is 0 Å². The van der Waals surface area contributed by atoms with Crippen LogP contribution in [0.1, 0.15) is 0 Å². The van der Waals surface area contributed by atoms with Crippen LogP contribution < -0.4 is 0 Å². The first-order chi connectivity index (χ1) is 5.75. The molecule has 12 heavy (non-hydrogen) atoms. The van der Waals surface area contributed by atoms with Crippen LogP contribution in [-0.2, 0) is 0 Å². The molecule has 0 spiro atoms. The molecule has 0 saturated heterocycles. The van der Waals surface area contributed by atoms with E-state index in [4.69, 9.17) is 0 Å². The lowest BCUT2D eigenvalue weighted by Gasteiger charge is -1.96. The van der Waals surface area contributed by atoms with Crippen LogP contribution in [0, 0.1) is 0 Å². The van der Waals surface area contributed by atoms with Gasteiger partial charge in [0, 0.05) is 5.39 Å². The summed E-state index contributed by atoms with van der Waals surface area (Å²) < 4.78 is 1.67. The van der Waals surface area contributed by atoms with Crippen molar-refractivity contribution in [1.82, 2.24) is 9.97 Å². The second-order valence-corrected chi connectivity index (χ2v) is 3.96. The Morgan fingerprint density at radius 2 is 1.92 bits per heavy atom. The Morgan fingerprint density at radius 3 is 2.75 bits per heavy atom. The highest BCUT2D eigenvalue weighted by Gasteiger charge is 1.96. The molecule has 0 aliphatic carbocycles. The average molecular weight is 288 g/mol. The molecule has 0 fully saturated rings. The van der Waals surface area contributed by atoms with E-state index >= 15 is 0 Å². The number of pyridine rings is 2. The minimum atomic E-state index is 0.833. The van der Waals surface area contributed by atoms with Crippen LogP contribution in [0.15, 0.2) is 33.6 Å². The Hall–Kier alpha value is -0.480. The van der Waals surface area contributed by atoms with Gasteiger partial charge in [0.2, 0.25) is 0 Å². The predicted octanol–water partition coefficient (Wildman–Crippen LogP) is 3.15. The zero-order valence-electron chi connectivity index (χ0n) is 5.96. The fourth-order valence-corrected chi connectivity index (χ4v) is 1.65. The van der Waals surface area contributed by atoms with Crippen LogP contribution in [0.25, 0.3) is 10.9 Å². The van der Waals surface area contributed by atoms with Crippen molar-refractivity contribution in [2.24, 2.45) is 0 Å². The first-order valence-electron chi connectivity index (χ1n) is 3.33. The van der Waals surface area contributed by atoms with Gasteiger partial charge in [-0.05, 0) is 50.1 Å². The monoisotopic (exact) mass is 286 g/mol. The molecule has 60 valence electrons. The van der Waals surface area contributed by atoms with Gasteiger partial charge in [-0.15, -0.1) is 0 Å². The van der Waals surface area contributed by atoms with Crippen molar-refractivity contribution in [2.75, 3.05) is 0 Å². The molecule has 0 saturated carbocycles. The standard InChI is InChI=1S/C8H4Br2N2/c9-7-2-1-5-3-8(10)11-4-6(5)12-7/h1-4H. The summed E-state index contributed by atoms with van der Waals surface area (Å²) >= 11 is 6.60. The number of halogens is 2. The summed E-state index contributed by atoms with van der Waals surface area (Å²) in [5.41, 5.74) is 0.896. The van der Waals surface area contributed by atoms with Gasteiger partial charge in [0.1, 0.15) is 9.21 Å². The number of hydrogen-bond acceptors (Lipinski definition) is 2. The summed E-state index contributed by atoms with van der Waals surface area (Å²) in [5.74, 6) is 0. The van der Waals surface area contributed by atoms with Crippen molar-refractivity contribution < 1.29 is 0 Å². The highest BCUT2D eigenvalue weighted by atomic mass is 79.9. The summed E-state index contributed by atoms with van der Waals surface area (Å²) in [6.07, 6.45) is 1.74. The Bertz CT molecular complexity index is 387. The maximum absolute atomic E-state index is 4.25. The van der Waals surface area contributed by atoms with Gasteiger partial charge in [-0.1, -0.05) is 0 Å². The predicted molar refractivity (Wildman–Crippen MR) is 54.9 cm³/mol. The quantitative estimate of drug-likeness (QED) is 0.696. The second-order valence-electron chi connectivity index (χ2n) is 2.33. The molecule has 2 aromatic heterocycles. The van der Waals surface area contributed by atoms with E-state index in [0.29, 0.717) is 0 Å². The maximum Gasteiger partial charge on any atom is 0.106 e. The Labute approximate surface area is 86.3 Å². The fraction of sp³-hybridized carbons (Fsp3) is 0. The lowest BCUT2D eigenvalue weighted by Crippen LogP contribution is -1.81. The molecule has 2 aromatic rings. The minimum Gasteiger partial charge on any atom is -0.247 e. The molecule has 0 aliphatic heterocycles. The molecule has 0 N–H and O–H groups in total. The van der Waals surface area contributed by atoms with E-state index in [0.717, 1.165) is 20.1 Å². The van der Waals surface area contributed by atoms with Gasteiger partial charge in [-0.2, -0.15) is 0 Å². The molecule has 0 aromatic carbocycles. The zero-order valence-corrected chi connectivity index (χ0v) is 9.13. The summed E-state index contributed by atoms with van der Waals surface area (Å²) in [4.78, 5) is 8.33. The molecule has 4 heteroatoms. The van der Waals surface area contributed by atoms with Gasteiger partial charge in [0.25, 0.3) is 0 Å². The summed E-state index contributed by atoms with van der Waals surface area (Å²) in [6, 6.07) is 5.85. The lowest BCUT2D eigenvalue weighted by molar-refractivity contribution is 1.26. The lowest BCUT2D eigenvalue weighted by atomic mass is 10.3. The topological polar surface area (TPSA) is 25.8 Å². The minimum absolute atomic E-state index is 0.833. The summed E-state index contributed by atoms with van der Waals surface area (Å²) in [7, 11) is 0. The van der Waals surface area contributed by atoms with Crippen LogP contribution in [-0.4, -0.2) is 9.97 Å². The molecule has 0 radical (unpaired) electrons. The smallest absolute Gasteiger partial charge is 0.106 e. The van der Waals surface area contributed by atoms with Gasteiger partial charge in [-0.3, -0.25) is 0 Å². The maximum atomic E-state index is 4.25. The SMILES string of the molecule is Brc1cc2ccc(Br)nc2cn1. The van der Waals surface area contributed by atoms with Crippen LogP contribution in [0.4, 0.5) is 0 Å². The first-order valence-corrected chi connectivity index (χ1v) is 4.92. The Kier molecular flexibility index (Phi) is 2.11. The van der Waals surface area contributed by atoms with Crippen molar-refractivity contribution in [3.05, 3.63) is 33.6 Å². The van der Waals surface area contributed by atoms with E-state index in [1.54, 1.807) is 6.20 Å². The van der Waals surface area contributed by atoms with Crippen molar-refractivity contribution in [3.8, 4) is 0 Å². The third-order valence-electron chi connectivity index (χ3n) is 1.51. The van der Waals surface area contributed by atoms with Crippen LogP contribution in [0.5, 0.6) is 0 Å². The fourth-order valence-electron chi connectivity index (χ4n) is 0.975. The van der Waals surface area contributed by atoms with Crippen LogP contribution in [0.3, 0.4) is 0 Å².